The molecule has 3 atom stereocenters. The summed E-state index contributed by atoms with van der Waals surface area (Å²) >= 11 is 0. The summed E-state index contributed by atoms with van der Waals surface area (Å²) in [6.45, 7) is 2.22. The van der Waals surface area contributed by atoms with Crippen LogP contribution in [0.2, 0.25) is 0 Å². The topological polar surface area (TPSA) is 59.5 Å². The summed E-state index contributed by atoms with van der Waals surface area (Å²) in [5, 5.41) is 0.580. The fraction of sp³-hybridized carbons (Fsp3) is 0.318. The second kappa shape index (κ2) is 7.34. The Morgan fingerprint density at radius 1 is 1.20 bits per heavy atom. The van der Waals surface area contributed by atoms with Gasteiger partial charge < -0.3 is 15.1 Å². The van der Waals surface area contributed by atoms with Crippen LogP contribution in [0.15, 0.2) is 52.9 Å². The number of anilines is 1. The van der Waals surface area contributed by atoms with Gasteiger partial charge in [0, 0.05) is 23.5 Å². The number of furan rings is 1. The molecule has 0 aliphatic carbocycles. The first-order chi connectivity index (χ1) is 14.1. The number of hydrogen-bond donors (Lipinski definition) is 1. The van der Waals surface area contributed by atoms with E-state index in [4.69, 9.17) is 10.2 Å². The van der Waals surface area contributed by atoms with E-state index in [-0.39, 0.29) is 5.92 Å². The molecule has 8 heteroatoms. The van der Waals surface area contributed by atoms with Gasteiger partial charge in [0.25, 0.3) is 0 Å². The van der Waals surface area contributed by atoms with Crippen LogP contribution >= 0.6 is 0 Å². The number of carbonyl (C=O) groups excluding carboxylic acids is 1. The van der Waals surface area contributed by atoms with Gasteiger partial charge in [0.05, 0.1) is 17.5 Å². The smallest absolute Gasteiger partial charge is 0.416 e. The van der Waals surface area contributed by atoms with Crippen LogP contribution in [0.25, 0.3) is 11.0 Å². The summed E-state index contributed by atoms with van der Waals surface area (Å²) in [6, 6.07) is 10.4. The van der Waals surface area contributed by atoms with Gasteiger partial charge in [-0.2, -0.15) is 13.2 Å². The third kappa shape index (κ3) is 3.62. The quantitative estimate of drug-likeness (QED) is 0.599. The van der Waals surface area contributed by atoms with Crippen molar-refractivity contribution in [1.29, 1.82) is 0 Å². The largest absolute Gasteiger partial charge is 0.461 e. The normalized spacial score (nSPS) is 20.6. The van der Waals surface area contributed by atoms with Crippen molar-refractivity contribution in [1.82, 2.24) is 0 Å². The van der Waals surface area contributed by atoms with E-state index in [1.54, 1.807) is 17.0 Å². The Balaban J connectivity index is 1.73. The molecule has 2 heterocycles. The van der Waals surface area contributed by atoms with Gasteiger partial charge in [0.15, 0.2) is 0 Å². The maximum Gasteiger partial charge on any atom is 0.416 e. The number of alkyl halides is 3. The first kappa shape index (κ1) is 20.3. The molecule has 1 aliphatic rings. The number of primary amides is 1. The third-order valence-electron chi connectivity index (χ3n) is 5.78. The number of fused-ring (bicyclic) bond motifs is 1. The summed E-state index contributed by atoms with van der Waals surface area (Å²) in [4.78, 5) is 13.9. The van der Waals surface area contributed by atoms with Gasteiger partial charge in [-0.25, -0.2) is 4.39 Å². The molecule has 0 spiro atoms. The zero-order valence-corrected chi connectivity index (χ0v) is 16.1. The van der Waals surface area contributed by atoms with Gasteiger partial charge in [0.2, 0.25) is 5.91 Å². The lowest BCUT2D eigenvalue weighted by atomic mass is 9.87. The lowest BCUT2D eigenvalue weighted by Gasteiger charge is -2.33. The summed E-state index contributed by atoms with van der Waals surface area (Å²) in [6.07, 6.45) is -4.04. The third-order valence-corrected chi connectivity index (χ3v) is 5.78. The SMILES string of the molecule is C[C@@H](c1cc2cc(F)ccc2o1)C1C(C(N)=O)CCN1c1cccc(C(F)(F)F)c1. The molecule has 3 aromatic rings. The van der Waals surface area contributed by atoms with Gasteiger partial charge in [-0.15, -0.1) is 0 Å². The summed E-state index contributed by atoms with van der Waals surface area (Å²) in [5.41, 5.74) is 5.72. The average Bonchev–Trinajstić information content (AvgIpc) is 3.31. The number of amides is 1. The highest BCUT2D eigenvalue weighted by atomic mass is 19.4. The summed E-state index contributed by atoms with van der Waals surface area (Å²) < 4.78 is 59.0. The average molecular weight is 420 g/mol. The molecule has 1 amide bonds. The number of nitrogens with two attached hydrogens (primary N) is 1. The molecule has 0 saturated carbocycles. The van der Waals surface area contributed by atoms with E-state index in [1.807, 2.05) is 6.92 Å². The van der Waals surface area contributed by atoms with Crippen LogP contribution in [0.3, 0.4) is 0 Å². The van der Waals surface area contributed by atoms with Gasteiger partial charge in [0.1, 0.15) is 17.2 Å². The molecule has 30 heavy (non-hydrogen) atoms. The van der Waals surface area contributed by atoms with Crippen molar-refractivity contribution in [2.24, 2.45) is 11.7 Å². The van der Waals surface area contributed by atoms with Crippen LogP contribution in [-0.4, -0.2) is 18.5 Å². The molecular weight excluding hydrogens is 400 g/mol. The van der Waals surface area contributed by atoms with Gasteiger partial charge >= 0.3 is 6.18 Å². The highest BCUT2D eigenvalue weighted by Gasteiger charge is 2.43. The predicted octanol–water partition coefficient (Wildman–Crippen LogP) is 5.07. The van der Waals surface area contributed by atoms with Crippen molar-refractivity contribution in [3.05, 3.63) is 65.7 Å². The molecule has 1 saturated heterocycles. The Kier molecular flexibility index (Phi) is 4.95. The number of benzene rings is 2. The molecule has 4 nitrogen and oxygen atoms in total. The maximum atomic E-state index is 13.5. The van der Waals surface area contributed by atoms with Gasteiger partial charge in [-0.1, -0.05) is 13.0 Å². The maximum absolute atomic E-state index is 13.5. The molecule has 1 aromatic heterocycles. The zero-order valence-electron chi connectivity index (χ0n) is 16.1. The number of hydrogen-bond acceptors (Lipinski definition) is 3. The van der Waals surface area contributed by atoms with E-state index >= 15 is 0 Å². The van der Waals surface area contributed by atoms with Crippen molar-refractivity contribution in [2.45, 2.75) is 31.5 Å². The Morgan fingerprint density at radius 3 is 2.67 bits per heavy atom. The minimum atomic E-state index is -4.47. The minimum Gasteiger partial charge on any atom is -0.461 e. The van der Waals surface area contributed by atoms with E-state index in [2.05, 4.69) is 0 Å². The van der Waals surface area contributed by atoms with Crippen molar-refractivity contribution in [3.8, 4) is 0 Å². The summed E-state index contributed by atoms with van der Waals surface area (Å²) in [5.74, 6) is -1.31. The van der Waals surface area contributed by atoms with Crippen LogP contribution in [-0.2, 0) is 11.0 Å². The lowest BCUT2D eigenvalue weighted by Crippen LogP contribution is -2.41. The second-order valence-corrected chi connectivity index (χ2v) is 7.65. The molecule has 0 radical (unpaired) electrons. The van der Waals surface area contributed by atoms with Crippen LogP contribution < -0.4 is 10.6 Å². The Hall–Kier alpha value is -3.03. The van der Waals surface area contributed by atoms with Gasteiger partial charge in [-0.3, -0.25) is 4.79 Å². The molecule has 0 bridgehead atoms. The number of carbonyl (C=O) groups is 1. The van der Waals surface area contributed by atoms with Crippen molar-refractivity contribution < 1.29 is 26.8 Å². The standard InChI is InChI=1S/C22H20F4N2O2/c1-12(19-10-13-9-15(23)5-6-18(13)30-19)20-17(21(27)29)7-8-28(20)16-4-2-3-14(11-16)22(24,25)26/h2-6,9-12,17,20H,7-8H2,1H3,(H2,27,29)/t12-,17?,20?/m0/s1. The molecule has 1 fully saturated rings. The first-order valence-corrected chi connectivity index (χ1v) is 9.57. The van der Waals surface area contributed by atoms with Crippen LogP contribution in [0.4, 0.5) is 23.2 Å². The Labute approximate surface area is 170 Å². The minimum absolute atomic E-state index is 0.366. The highest BCUT2D eigenvalue weighted by Crippen LogP contribution is 2.41. The van der Waals surface area contributed by atoms with Gasteiger partial charge in [-0.05, 0) is 48.9 Å². The van der Waals surface area contributed by atoms with E-state index < -0.39 is 35.4 Å². The van der Waals surface area contributed by atoms with E-state index in [9.17, 15) is 22.4 Å². The molecule has 4 rings (SSSR count). The number of rotatable bonds is 4. The lowest BCUT2D eigenvalue weighted by molar-refractivity contribution is -0.137. The van der Waals surface area contributed by atoms with E-state index in [0.717, 1.165) is 12.1 Å². The van der Waals surface area contributed by atoms with Crippen LogP contribution in [0.1, 0.15) is 30.6 Å². The molecular formula is C22H20F4N2O2. The predicted molar refractivity (Wildman–Crippen MR) is 104 cm³/mol. The second-order valence-electron chi connectivity index (χ2n) is 7.65. The monoisotopic (exact) mass is 420 g/mol. The van der Waals surface area contributed by atoms with Crippen LogP contribution in [0.5, 0.6) is 0 Å². The fourth-order valence-corrected chi connectivity index (χ4v) is 4.33. The first-order valence-electron chi connectivity index (χ1n) is 9.57. The molecule has 1 aliphatic heterocycles. The molecule has 2 aromatic carbocycles. The number of halogens is 4. The van der Waals surface area contributed by atoms with E-state index in [0.29, 0.717) is 35.4 Å². The molecule has 158 valence electrons. The van der Waals surface area contributed by atoms with Crippen LogP contribution in [0, 0.1) is 11.7 Å². The fourth-order valence-electron chi connectivity index (χ4n) is 4.33. The summed E-state index contributed by atoms with van der Waals surface area (Å²) in [7, 11) is 0. The van der Waals surface area contributed by atoms with Crippen molar-refractivity contribution in [3.63, 3.8) is 0 Å². The van der Waals surface area contributed by atoms with Crippen molar-refractivity contribution >= 4 is 22.6 Å². The number of nitrogens with zero attached hydrogens (tertiary/aromatic N) is 1. The zero-order chi connectivity index (χ0) is 21.6. The highest BCUT2D eigenvalue weighted by molar-refractivity contribution is 5.80. The molecule has 2 N–H and O–H groups in total. The van der Waals surface area contributed by atoms with E-state index in [1.165, 1.54) is 24.3 Å². The molecule has 2 unspecified atom stereocenters. The van der Waals surface area contributed by atoms with Crippen molar-refractivity contribution in [2.75, 3.05) is 11.4 Å². The Morgan fingerprint density at radius 2 is 1.97 bits per heavy atom. The Bertz CT molecular complexity index is 1090.